The highest BCUT2D eigenvalue weighted by Gasteiger charge is 2.30. The average molecular weight is 483 g/mol. The molecule has 0 radical (unpaired) electrons. The Morgan fingerprint density at radius 3 is 2.56 bits per heavy atom. The molecule has 1 atom stereocenters. The fourth-order valence-electron chi connectivity index (χ4n) is 5.79. The third kappa shape index (κ3) is 4.36. The third-order valence-corrected chi connectivity index (χ3v) is 7.76. The molecule has 0 spiro atoms. The van der Waals surface area contributed by atoms with Gasteiger partial charge in [0.1, 0.15) is 5.82 Å². The van der Waals surface area contributed by atoms with Gasteiger partial charge in [-0.1, -0.05) is 54.6 Å². The Hall–Kier alpha value is -3.67. The van der Waals surface area contributed by atoms with Crippen LogP contribution in [0.25, 0.3) is 11.0 Å². The van der Waals surface area contributed by atoms with E-state index >= 15 is 0 Å². The molecule has 1 amide bonds. The second-order valence-electron chi connectivity index (χ2n) is 9.99. The fraction of sp³-hybridized carbons (Fsp3) is 0.333. The Kier molecular flexibility index (Phi) is 6.18. The van der Waals surface area contributed by atoms with Gasteiger partial charge in [-0.25, -0.2) is 9.37 Å². The highest BCUT2D eigenvalue weighted by molar-refractivity contribution is 5.80. The van der Waals surface area contributed by atoms with Gasteiger partial charge in [-0.15, -0.1) is 0 Å². The van der Waals surface area contributed by atoms with E-state index in [4.69, 9.17) is 4.98 Å². The fourth-order valence-corrected chi connectivity index (χ4v) is 5.79. The van der Waals surface area contributed by atoms with E-state index in [-0.39, 0.29) is 23.7 Å². The van der Waals surface area contributed by atoms with Crippen LogP contribution in [0, 0.1) is 11.7 Å². The van der Waals surface area contributed by atoms with Crippen LogP contribution < -0.4 is 10.2 Å². The topological polar surface area (TPSA) is 50.2 Å². The molecule has 2 aliphatic rings. The molecule has 36 heavy (non-hydrogen) atoms. The SMILES string of the molecule is O=C(N[C@H]1CCCc2ccccc21)C1CCN(c2nc3ccccc3n2Cc2ccccc2F)CC1. The van der Waals surface area contributed by atoms with E-state index in [0.717, 1.165) is 62.2 Å². The van der Waals surface area contributed by atoms with E-state index in [1.165, 1.54) is 17.2 Å². The molecule has 1 aromatic heterocycles. The maximum atomic E-state index is 14.5. The highest BCUT2D eigenvalue weighted by atomic mass is 19.1. The number of rotatable bonds is 5. The van der Waals surface area contributed by atoms with Crippen LogP contribution in [0.5, 0.6) is 0 Å². The number of halogens is 1. The number of carbonyl (C=O) groups excluding carboxylic acids is 1. The van der Waals surface area contributed by atoms with Gasteiger partial charge in [0.25, 0.3) is 0 Å². The Morgan fingerprint density at radius 1 is 0.944 bits per heavy atom. The van der Waals surface area contributed by atoms with Gasteiger partial charge in [0.2, 0.25) is 11.9 Å². The van der Waals surface area contributed by atoms with Crippen molar-refractivity contribution in [3.05, 3.63) is 95.3 Å². The Labute approximate surface area is 211 Å². The van der Waals surface area contributed by atoms with E-state index in [1.54, 1.807) is 6.07 Å². The molecule has 0 bridgehead atoms. The second-order valence-corrected chi connectivity index (χ2v) is 9.99. The van der Waals surface area contributed by atoms with Gasteiger partial charge in [-0.2, -0.15) is 0 Å². The van der Waals surface area contributed by atoms with Gasteiger partial charge in [-0.3, -0.25) is 4.79 Å². The van der Waals surface area contributed by atoms with Crippen LogP contribution in [0.1, 0.15) is 48.4 Å². The number of fused-ring (bicyclic) bond motifs is 2. The molecule has 0 unspecified atom stereocenters. The van der Waals surface area contributed by atoms with E-state index in [0.29, 0.717) is 12.1 Å². The molecule has 5 nitrogen and oxygen atoms in total. The number of benzene rings is 3. The summed E-state index contributed by atoms with van der Waals surface area (Å²) >= 11 is 0. The number of para-hydroxylation sites is 2. The normalized spacial score (nSPS) is 18.2. The molecule has 1 aliphatic carbocycles. The first-order valence-corrected chi connectivity index (χ1v) is 13.0. The molecule has 6 heteroatoms. The van der Waals surface area contributed by atoms with Gasteiger partial charge >= 0.3 is 0 Å². The maximum absolute atomic E-state index is 14.5. The predicted molar refractivity (Wildman–Crippen MR) is 140 cm³/mol. The number of amides is 1. The van der Waals surface area contributed by atoms with Crippen molar-refractivity contribution in [3.8, 4) is 0 Å². The molecule has 6 rings (SSSR count). The average Bonchev–Trinajstić information content (AvgIpc) is 3.28. The summed E-state index contributed by atoms with van der Waals surface area (Å²) in [5, 5.41) is 3.35. The number of anilines is 1. The summed E-state index contributed by atoms with van der Waals surface area (Å²) < 4.78 is 16.6. The smallest absolute Gasteiger partial charge is 0.223 e. The number of nitrogens with one attached hydrogen (secondary N) is 1. The second kappa shape index (κ2) is 9.76. The minimum Gasteiger partial charge on any atom is -0.349 e. The lowest BCUT2D eigenvalue weighted by Gasteiger charge is -2.34. The first-order valence-electron chi connectivity index (χ1n) is 13.0. The number of hydrogen-bond donors (Lipinski definition) is 1. The zero-order valence-corrected chi connectivity index (χ0v) is 20.4. The van der Waals surface area contributed by atoms with Crippen LogP contribution in [-0.2, 0) is 17.8 Å². The predicted octanol–water partition coefficient (Wildman–Crippen LogP) is 5.63. The minimum absolute atomic E-state index is 0.000245. The Bertz CT molecular complexity index is 1390. The van der Waals surface area contributed by atoms with Crippen LogP contribution in [0.15, 0.2) is 72.8 Å². The zero-order chi connectivity index (χ0) is 24.5. The van der Waals surface area contributed by atoms with Crippen LogP contribution in [-0.4, -0.2) is 28.5 Å². The van der Waals surface area contributed by atoms with Crippen molar-refractivity contribution in [1.82, 2.24) is 14.9 Å². The first-order chi connectivity index (χ1) is 17.7. The number of carbonyl (C=O) groups is 1. The van der Waals surface area contributed by atoms with E-state index in [2.05, 4.69) is 39.0 Å². The summed E-state index contributed by atoms with van der Waals surface area (Å²) in [7, 11) is 0. The molecule has 0 saturated carbocycles. The number of aryl methyl sites for hydroxylation is 1. The van der Waals surface area contributed by atoms with Gasteiger partial charge in [0.05, 0.1) is 23.6 Å². The van der Waals surface area contributed by atoms with Gasteiger partial charge < -0.3 is 14.8 Å². The summed E-state index contributed by atoms with van der Waals surface area (Å²) in [6, 6.07) is 23.5. The summed E-state index contributed by atoms with van der Waals surface area (Å²) in [5.74, 6) is 0.802. The van der Waals surface area contributed by atoms with Crippen molar-refractivity contribution in [2.45, 2.75) is 44.7 Å². The molecule has 4 aromatic rings. The number of nitrogens with zero attached hydrogens (tertiary/aromatic N) is 3. The number of hydrogen-bond acceptors (Lipinski definition) is 3. The standard InChI is InChI=1S/C30H31FN4O/c31-25-12-4-2-9-23(25)20-35-28-15-6-5-13-27(28)33-30(35)34-18-16-22(17-19-34)29(36)32-26-14-7-10-21-8-1-3-11-24(21)26/h1-6,8-9,11-13,15,22,26H,7,10,14,16-20H2,(H,32,36)/t26-/m0/s1. The maximum Gasteiger partial charge on any atom is 0.223 e. The van der Waals surface area contributed by atoms with Crippen LogP contribution in [0.2, 0.25) is 0 Å². The lowest BCUT2D eigenvalue weighted by atomic mass is 9.87. The summed E-state index contributed by atoms with van der Waals surface area (Å²) in [6.07, 6.45) is 4.77. The van der Waals surface area contributed by atoms with E-state index < -0.39 is 0 Å². The van der Waals surface area contributed by atoms with Gasteiger partial charge in [0, 0.05) is 24.6 Å². The van der Waals surface area contributed by atoms with Crippen molar-refractivity contribution >= 4 is 22.9 Å². The molecule has 2 heterocycles. The summed E-state index contributed by atoms with van der Waals surface area (Å²) in [6.45, 7) is 1.92. The third-order valence-electron chi connectivity index (χ3n) is 7.76. The Balaban J connectivity index is 1.17. The highest BCUT2D eigenvalue weighted by Crippen LogP contribution is 2.32. The van der Waals surface area contributed by atoms with Crippen molar-refractivity contribution < 1.29 is 9.18 Å². The zero-order valence-electron chi connectivity index (χ0n) is 20.4. The summed E-state index contributed by atoms with van der Waals surface area (Å²) in [5.41, 5.74) is 5.17. The van der Waals surface area contributed by atoms with Crippen LogP contribution >= 0.6 is 0 Å². The lowest BCUT2D eigenvalue weighted by Crippen LogP contribution is -2.42. The van der Waals surface area contributed by atoms with Crippen molar-refractivity contribution in [3.63, 3.8) is 0 Å². The van der Waals surface area contributed by atoms with Crippen LogP contribution in [0.4, 0.5) is 10.3 Å². The number of aromatic nitrogens is 2. The van der Waals surface area contributed by atoms with Gasteiger partial charge in [0.15, 0.2) is 0 Å². The van der Waals surface area contributed by atoms with Crippen LogP contribution in [0.3, 0.4) is 0 Å². The number of imidazole rings is 1. The van der Waals surface area contributed by atoms with Crippen molar-refractivity contribution in [2.24, 2.45) is 5.92 Å². The minimum atomic E-state index is -0.208. The Morgan fingerprint density at radius 2 is 1.69 bits per heavy atom. The first kappa shape index (κ1) is 22.8. The quantitative estimate of drug-likeness (QED) is 0.401. The van der Waals surface area contributed by atoms with Gasteiger partial charge in [-0.05, 0) is 61.4 Å². The molecule has 1 fully saturated rings. The van der Waals surface area contributed by atoms with Crippen molar-refractivity contribution in [2.75, 3.05) is 18.0 Å². The van der Waals surface area contributed by atoms with E-state index in [1.807, 2.05) is 36.4 Å². The monoisotopic (exact) mass is 482 g/mol. The van der Waals surface area contributed by atoms with Crippen molar-refractivity contribution in [1.29, 1.82) is 0 Å². The molecule has 1 aliphatic heterocycles. The molecule has 3 aromatic carbocycles. The lowest BCUT2D eigenvalue weighted by molar-refractivity contribution is -0.126. The largest absolute Gasteiger partial charge is 0.349 e. The molecular formula is C30H31FN4O. The molecule has 1 N–H and O–H groups in total. The summed E-state index contributed by atoms with van der Waals surface area (Å²) in [4.78, 5) is 20.4. The molecule has 184 valence electrons. The number of piperidine rings is 1. The molecular weight excluding hydrogens is 451 g/mol. The van der Waals surface area contributed by atoms with E-state index in [9.17, 15) is 9.18 Å². The molecule has 1 saturated heterocycles.